The monoisotopic (exact) mass is 744 g/mol. The van der Waals surface area contributed by atoms with Crippen molar-refractivity contribution in [1.82, 2.24) is 20.1 Å². The van der Waals surface area contributed by atoms with E-state index in [4.69, 9.17) is 23.3 Å². The van der Waals surface area contributed by atoms with E-state index in [0.717, 1.165) is 0 Å². The molecule has 53 heavy (non-hydrogen) atoms. The normalized spacial score (nSPS) is 16.1. The Morgan fingerprint density at radius 1 is 0.679 bits per heavy atom. The number of anilines is 2. The van der Waals surface area contributed by atoms with Crippen molar-refractivity contribution >= 4 is 35.8 Å². The molecule has 18 heteroatoms. The number of ether oxygens (including phenoxy) is 3. The van der Waals surface area contributed by atoms with Gasteiger partial charge in [-0.25, -0.2) is 9.59 Å². The second-order valence-electron chi connectivity index (χ2n) is 15.4. The molecule has 0 aliphatic carbocycles. The summed E-state index contributed by atoms with van der Waals surface area (Å²) >= 11 is 0. The van der Waals surface area contributed by atoms with Gasteiger partial charge in [-0.05, 0) is 53.4 Å². The smallest absolute Gasteiger partial charge is 0.870 e. The summed E-state index contributed by atoms with van der Waals surface area (Å²) in [6, 6.07) is 3.46. The number of aliphatic carboxylic acids is 1. The maximum absolute atomic E-state index is 12.1. The number of methoxy groups -OCH3 is 1. The van der Waals surface area contributed by atoms with E-state index < -0.39 is 29.0 Å². The molecule has 2 fully saturated rings. The van der Waals surface area contributed by atoms with E-state index in [9.17, 15) is 24.3 Å². The number of nitrogens with zero attached hydrogens (tertiary/aromatic N) is 6. The standard InChI is InChI=1S/C18H29N3O5.C17H27N3O5.Li.H2O/c1-12(2)15(16(22)24-6)13-11-14(19-26-13)20-7-9-21(10-8-20)17(23)25-18(3,4)5;1-11(2)14(15(21)22)12-10-13(18-25-12)19-6-8-20(9-7-19)16(23)24-17(3,4)5;;/h11-12,15H,7-10H2,1-6H3;10-11,14H,6-9H2,1-5H3,(H,21,22);;1H2/q;;+1;/p-1. The molecule has 0 bridgehead atoms. The Hall–Kier alpha value is -3.94. The van der Waals surface area contributed by atoms with E-state index >= 15 is 0 Å². The summed E-state index contributed by atoms with van der Waals surface area (Å²) in [5.74, 6) is -0.402. The van der Waals surface area contributed by atoms with Crippen molar-refractivity contribution in [1.29, 1.82) is 0 Å². The van der Waals surface area contributed by atoms with Gasteiger partial charge in [-0.3, -0.25) is 9.59 Å². The van der Waals surface area contributed by atoms with E-state index in [1.165, 1.54) is 7.11 Å². The number of amides is 2. The molecule has 294 valence electrons. The number of esters is 1. The van der Waals surface area contributed by atoms with Crippen LogP contribution in [0.25, 0.3) is 0 Å². The Morgan fingerprint density at radius 2 is 1.02 bits per heavy atom. The number of hydrogen-bond donors (Lipinski definition) is 1. The molecule has 2 atom stereocenters. The van der Waals surface area contributed by atoms with Gasteiger partial charge in [-0.1, -0.05) is 38.0 Å². The predicted molar refractivity (Wildman–Crippen MR) is 190 cm³/mol. The quantitative estimate of drug-likeness (QED) is 0.233. The van der Waals surface area contributed by atoms with Gasteiger partial charge in [0.25, 0.3) is 0 Å². The van der Waals surface area contributed by atoms with Crippen molar-refractivity contribution in [3.8, 4) is 0 Å². The summed E-state index contributed by atoms with van der Waals surface area (Å²) in [7, 11) is 1.37. The Bertz CT molecular complexity index is 1470. The molecule has 2 aromatic rings. The summed E-state index contributed by atoms with van der Waals surface area (Å²) in [4.78, 5) is 55.0. The van der Waals surface area contributed by atoms with Gasteiger partial charge >= 0.3 is 43.0 Å². The molecule has 2 amide bonds. The molecule has 2 saturated heterocycles. The van der Waals surface area contributed by atoms with Gasteiger partial charge in [0.15, 0.2) is 23.2 Å². The molecule has 2 aliphatic rings. The minimum atomic E-state index is -0.924. The zero-order valence-corrected chi connectivity index (χ0v) is 33.4. The third-order valence-electron chi connectivity index (χ3n) is 8.21. The van der Waals surface area contributed by atoms with E-state index in [1.807, 2.05) is 79.0 Å². The second-order valence-corrected chi connectivity index (χ2v) is 15.4. The van der Waals surface area contributed by atoms with Gasteiger partial charge in [-0.15, -0.1) is 0 Å². The predicted octanol–water partition coefficient (Wildman–Crippen LogP) is 2.03. The zero-order valence-electron chi connectivity index (χ0n) is 33.4. The number of piperazine rings is 2. The maximum Gasteiger partial charge on any atom is 1.00 e. The van der Waals surface area contributed by atoms with Crippen LogP contribution in [-0.4, -0.2) is 125 Å². The summed E-state index contributed by atoms with van der Waals surface area (Å²) < 4.78 is 26.3. The van der Waals surface area contributed by atoms with Crippen molar-refractivity contribution in [2.45, 2.75) is 92.3 Å². The van der Waals surface area contributed by atoms with Crippen LogP contribution < -0.4 is 28.7 Å². The van der Waals surface area contributed by atoms with Gasteiger partial charge in [-0.2, -0.15) is 0 Å². The van der Waals surface area contributed by atoms with Crippen molar-refractivity contribution in [3.05, 3.63) is 23.7 Å². The SMILES string of the molecule is CC(C)C(C(=O)O)c1cc(N2CCN(C(=O)OC(C)(C)C)CC2)no1.COC(=O)C(c1cc(N2CCN(C(=O)OC(C)(C)C)CC2)no1)C(C)C.[Li+].[OH-]. The molecule has 0 saturated carbocycles. The molecule has 4 heterocycles. The number of rotatable bonds is 8. The molecule has 17 nitrogen and oxygen atoms in total. The molecule has 0 aromatic carbocycles. The summed E-state index contributed by atoms with van der Waals surface area (Å²) in [5.41, 5.74) is -1.02. The van der Waals surface area contributed by atoms with Gasteiger partial charge in [0.05, 0.1) is 7.11 Å². The minimum Gasteiger partial charge on any atom is -0.870 e. The Kier molecular flexibility index (Phi) is 17.7. The number of carbonyl (C=O) groups excluding carboxylic acids is 3. The molecule has 2 aliphatic heterocycles. The first kappa shape index (κ1) is 47.1. The van der Waals surface area contributed by atoms with Crippen molar-refractivity contribution in [2.75, 3.05) is 69.3 Å². The first-order valence-corrected chi connectivity index (χ1v) is 17.4. The van der Waals surface area contributed by atoms with Crippen LogP contribution in [0.15, 0.2) is 21.2 Å². The van der Waals surface area contributed by atoms with Crippen LogP contribution in [0, 0.1) is 11.8 Å². The number of hydrogen-bond acceptors (Lipinski definition) is 14. The van der Waals surface area contributed by atoms with Crippen LogP contribution >= 0.6 is 0 Å². The Morgan fingerprint density at radius 3 is 1.30 bits per heavy atom. The topological polar surface area (TPSA) is 211 Å². The first-order valence-electron chi connectivity index (χ1n) is 17.4. The second kappa shape index (κ2) is 19.9. The maximum atomic E-state index is 12.1. The average molecular weight is 745 g/mol. The van der Waals surface area contributed by atoms with Gasteiger partial charge in [0.2, 0.25) is 0 Å². The van der Waals surface area contributed by atoms with E-state index in [2.05, 4.69) is 10.3 Å². The molecule has 2 unspecified atom stereocenters. The fourth-order valence-corrected chi connectivity index (χ4v) is 5.62. The average Bonchev–Trinajstić information content (AvgIpc) is 3.70. The van der Waals surface area contributed by atoms with Crippen molar-refractivity contribution in [3.63, 3.8) is 0 Å². The molecule has 2 N–H and O–H groups in total. The van der Waals surface area contributed by atoms with E-state index in [-0.39, 0.29) is 54.3 Å². The van der Waals surface area contributed by atoms with Crippen molar-refractivity contribution < 1.29 is 71.9 Å². The zero-order chi connectivity index (χ0) is 38.3. The van der Waals surface area contributed by atoms with E-state index in [1.54, 1.807) is 21.9 Å². The summed E-state index contributed by atoms with van der Waals surface area (Å²) in [6.45, 7) is 23.1. The number of aromatic nitrogens is 2. The van der Waals surface area contributed by atoms with Gasteiger partial charge in [0, 0.05) is 64.5 Å². The third kappa shape index (κ3) is 13.8. The van der Waals surface area contributed by atoms with Crippen LogP contribution in [0.2, 0.25) is 0 Å². The fourth-order valence-electron chi connectivity index (χ4n) is 5.62. The molecule has 0 spiro atoms. The minimum absolute atomic E-state index is 0. The molecule has 0 radical (unpaired) electrons. The van der Waals surface area contributed by atoms with Crippen LogP contribution in [0.4, 0.5) is 21.2 Å². The Labute approximate surface area is 324 Å². The van der Waals surface area contributed by atoms with Crippen LogP contribution in [-0.2, 0) is 23.8 Å². The largest absolute Gasteiger partial charge is 1.00 e. The van der Waals surface area contributed by atoms with E-state index in [0.29, 0.717) is 75.5 Å². The third-order valence-corrected chi connectivity index (χ3v) is 8.21. The number of carboxylic acid groups (broad SMARTS) is 1. The molecular weight excluding hydrogens is 687 g/mol. The summed E-state index contributed by atoms with van der Waals surface area (Å²) in [6.07, 6.45) is -0.623. The fraction of sp³-hybridized carbons (Fsp3) is 0.714. The van der Waals surface area contributed by atoms with Crippen LogP contribution in [0.5, 0.6) is 0 Å². The van der Waals surface area contributed by atoms with Crippen LogP contribution in [0.3, 0.4) is 0 Å². The molecular formula is C35H57LiN6O11. The molecule has 4 rings (SSSR count). The molecule has 2 aromatic heterocycles. The Balaban J connectivity index is 0.000000511. The van der Waals surface area contributed by atoms with Crippen LogP contribution in [0.1, 0.15) is 92.6 Å². The number of carbonyl (C=O) groups is 4. The first-order chi connectivity index (χ1) is 23.7. The van der Waals surface area contributed by atoms with Gasteiger partial charge in [0.1, 0.15) is 23.0 Å². The summed E-state index contributed by atoms with van der Waals surface area (Å²) in [5, 5.41) is 17.5. The van der Waals surface area contributed by atoms with Gasteiger partial charge < -0.3 is 53.4 Å². The number of carboxylic acids is 1. The van der Waals surface area contributed by atoms with Crippen molar-refractivity contribution in [2.24, 2.45) is 11.8 Å².